The Morgan fingerprint density at radius 2 is 1.97 bits per heavy atom. The summed E-state index contributed by atoms with van der Waals surface area (Å²) < 4.78 is 2.86. The normalized spacial score (nSPS) is 10.7. The van der Waals surface area contributed by atoms with Gasteiger partial charge in [-0.15, -0.1) is 0 Å². The largest absolute Gasteiger partial charge is 0.319 e. The van der Waals surface area contributed by atoms with Crippen molar-refractivity contribution in [3.05, 3.63) is 66.4 Å². The monoisotopic (exact) mass is 604 g/mol. The topological polar surface area (TPSA) is 106 Å². The maximum Gasteiger partial charge on any atom is 0.274 e. The van der Waals surface area contributed by atoms with Crippen molar-refractivity contribution >= 4 is 76.9 Å². The molecule has 0 fully saturated rings. The maximum atomic E-state index is 13.1. The number of hydrazine groups is 1. The quantitative estimate of drug-likeness (QED) is 0.260. The van der Waals surface area contributed by atoms with Crippen LogP contribution in [0.15, 0.2) is 50.1 Å². The second kappa shape index (κ2) is 8.92. The zero-order valence-electron chi connectivity index (χ0n) is 14.7. The molecule has 150 valence electrons. The van der Waals surface area contributed by atoms with Gasteiger partial charge in [-0.3, -0.25) is 14.6 Å². The SMILES string of the molecule is CN(N)C(=O)c1cc(Br)cc(Br)c1NC(=O)c1cc(Br)nn1-c1ncccc1Cl. The first-order valence-electron chi connectivity index (χ1n) is 7.88. The van der Waals surface area contributed by atoms with Crippen molar-refractivity contribution in [3.63, 3.8) is 0 Å². The van der Waals surface area contributed by atoms with Gasteiger partial charge in [-0.1, -0.05) is 27.5 Å². The number of nitrogens with one attached hydrogen (secondary N) is 1. The number of anilines is 1. The van der Waals surface area contributed by atoms with E-state index in [0.29, 0.717) is 18.6 Å². The molecule has 2 amide bonds. The van der Waals surface area contributed by atoms with Crippen molar-refractivity contribution in [2.45, 2.75) is 0 Å². The number of nitrogens with zero attached hydrogens (tertiary/aromatic N) is 4. The minimum absolute atomic E-state index is 0.159. The maximum absolute atomic E-state index is 13.1. The van der Waals surface area contributed by atoms with Crippen LogP contribution >= 0.6 is 59.4 Å². The van der Waals surface area contributed by atoms with Crippen molar-refractivity contribution in [2.75, 3.05) is 12.4 Å². The molecule has 0 radical (unpaired) electrons. The molecule has 0 saturated heterocycles. The summed E-state index contributed by atoms with van der Waals surface area (Å²) in [6.07, 6.45) is 1.54. The number of amides is 2. The molecule has 3 rings (SSSR count). The van der Waals surface area contributed by atoms with Gasteiger partial charge < -0.3 is 5.32 Å². The fourth-order valence-corrected chi connectivity index (χ4v) is 4.35. The van der Waals surface area contributed by atoms with E-state index in [1.807, 2.05) is 0 Å². The Kier molecular flexibility index (Phi) is 6.74. The number of hydrogen-bond donors (Lipinski definition) is 2. The Morgan fingerprint density at radius 3 is 2.62 bits per heavy atom. The molecular formula is C17H12Br3ClN6O2. The summed E-state index contributed by atoms with van der Waals surface area (Å²) in [7, 11) is 1.41. The first-order chi connectivity index (χ1) is 13.7. The Bertz CT molecular complexity index is 1120. The molecule has 0 atom stereocenters. The van der Waals surface area contributed by atoms with Crippen molar-refractivity contribution < 1.29 is 9.59 Å². The van der Waals surface area contributed by atoms with Crippen LogP contribution in [-0.4, -0.2) is 38.6 Å². The summed E-state index contributed by atoms with van der Waals surface area (Å²) in [6, 6.07) is 8.09. The van der Waals surface area contributed by atoms with Crippen LogP contribution in [0.4, 0.5) is 5.69 Å². The predicted octanol–water partition coefficient (Wildman–Crippen LogP) is 4.41. The number of nitrogens with two attached hydrogens (primary N) is 1. The van der Waals surface area contributed by atoms with Crippen LogP contribution in [0.2, 0.25) is 5.02 Å². The standard InChI is InChI=1S/C17H12Br3ClN6O2/c1-26(22)17(29)9-5-8(18)6-10(19)14(9)24-16(28)12-7-13(20)25-27(12)15-11(21)3-2-4-23-15/h2-7H,22H2,1H3,(H,24,28). The van der Waals surface area contributed by atoms with Gasteiger partial charge in [0.05, 0.1) is 16.3 Å². The van der Waals surface area contributed by atoms with E-state index in [9.17, 15) is 9.59 Å². The van der Waals surface area contributed by atoms with Crippen LogP contribution in [0.3, 0.4) is 0 Å². The Labute approximate surface area is 195 Å². The molecule has 2 heterocycles. The third-order valence-electron chi connectivity index (χ3n) is 3.70. The summed E-state index contributed by atoms with van der Waals surface area (Å²) in [5.41, 5.74) is 0.619. The minimum Gasteiger partial charge on any atom is -0.319 e. The molecule has 0 spiro atoms. The highest BCUT2D eigenvalue weighted by molar-refractivity contribution is 9.11. The second-order valence-corrected chi connectivity index (χ2v) is 8.74. The smallest absolute Gasteiger partial charge is 0.274 e. The van der Waals surface area contributed by atoms with Crippen LogP contribution < -0.4 is 11.2 Å². The highest BCUT2D eigenvalue weighted by Gasteiger charge is 2.23. The van der Waals surface area contributed by atoms with E-state index in [1.165, 1.54) is 24.0 Å². The first kappa shape index (κ1) is 21.9. The molecule has 0 aliphatic carbocycles. The average Bonchev–Trinajstić information content (AvgIpc) is 3.05. The summed E-state index contributed by atoms with van der Waals surface area (Å²) in [6.45, 7) is 0. The van der Waals surface area contributed by atoms with Crippen LogP contribution in [0.25, 0.3) is 5.82 Å². The summed E-state index contributed by atoms with van der Waals surface area (Å²) in [5.74, 6) is 4.88. The van der Waals surface area contributed by atoms with E-state index in [1.54, 1.807) is 24.3 Å². The van der Waals surface area contributed by atoms with Crippen LogP contribution in [0.1, 0.15) is 20.8 Å². The van der Waals surface area contributed by atoms with Crippen LogP contribution in [-0.2, 0) is 0 Å². The van der Waals surface area contributed by atoms with Crippen LogP contribution in [0.5, 0.6) is 0 Å². The number of rotatable bonds is 4. The molecule has 12 heteroatoms. The molecule has 8 nitrogen and oxygen atoms in total. The lowest BCUT2D eigenvalue weighted by Crippen LogP contribution is -2.34. The number of hydrogen-bond acceptors (Lipinski definition) is 5. The predicted molar refractivity (Wildman–Crippen MR) is 120 cm³/mol. The molecule has 0 unspecified atom stereocenters. The minimum atomic E-state index is -0.526. The number of benzene rings is 1. The summed E-state index contributed by atoms with van der Waals surface area (Å²) in [4.78, 5) is 29.7. The number of carbonyl (C=O) groups excluding carboxylic acids is 2. The Morgan fingerprint density at radius 1 is 1.24 bits per heavy atom. The average molecular weight is 607 g/mol. The van der Waals surface area contributed by atoms with Gasteiger partial charge in [0, 0.05) is 28.3 Å². The van der Waals surface area contributed by atoms with E-state index < -0.39 is 11.8 Å². The lowest BCUT2D eigenvalue weighted by atomic mass is 10.1. The Balaban J connectivity index is 2.05. The third-order valence-corrected chi connectivity index (χ3v) is 5.46. The molecule has 3 N–H and O–H groups in total. The van der Waals surface area contributed by atoms with Crippen molar-refractivity contribution in [2.24, 2.45) is 5.84 Å². The first-order valence-corrected chi connectivity index (χ1v) is 10.6. The molecule has 0 aliphatic rings. The zero-order valence-corrected chi connectivity index (χ0v) is 20.2. The van der Waals surface area contributed by atoms with E-state index in [2.05, 4.69) is 63.2 Å². The molecular weight excluding hydrogens is 595 g/mol. The fraction of sp³-hybridized carbons (Fsp3) is 0.0588. The number of aromatic nitrogens is 3. The lowest BCUT2D eigenvalue weighted by molar-refractivity contribution is 0.0796. The lowest BCUT2D eigenvalue weighted by Gasteiger charge is -2.17. The molecule has 1 aromatic carbocycles. The van der Waals surface area contributed by atoms with Gasteiger partial charge >= 0.3 is 0 Å². The molecule has 0 saturated carbocycles. The summed E-state index contributed by atoms with van der Waals surface area (Å²) >= 11 is 16.2. The van der Waals surface area contributed by atoms with Gasteiger partial charge in [0.1, 0.15) is 10.3 Å². The highest BCUT2D eigenvalue weighted by atomic mass is 79.9. The third kappa shape index (κ3) is 4.69. The van der Waals surface area contributed by atoms with Gasteiger partial charge in [0.2, 0.25) is 0 Å². The highest BCUT2D eigenvalue weighted by Crippen LogP contribution is 2.32. The van der Waals surface area contributed by atoms with Gasteiger partial charge in [-0.05, 0) is 56.1 Å². The van der Waals surface area contributed by atoms with Gasteiger partial charge in [-0.25, -0.2) is 15.5 Å². The van der Waals surface area contributed by atoms with E-state index in [4.69, 9.17) is 17.4 Å². The Hall–Kier alpha value is -1.79. The zero-order chi connectivity index (χ0) is 21.3. The number of carbonyl (C=O) groups is 2. The van der Waals surface area contributed by atoms with Gasteiger partial charge in [-0.2, -0.15) is 5.10 Å². The number of pyridine rings is 1. The van der Waals surface area contributed by atoms with Gasteiger partial charge in [0.25, 0.3) is 11.8 Å². The fourth-order valence-electron chi connectivity index (χ4n) is 2.45. The van der Waals surface area contributed by atoms with E-state index in [-0.39, 0.29) is 22.8 Å². The van der Waals surface area contributed by atoms with E-state index in [0.717, 1.165) is 5.01 Å². The molecule has 0 bridgehead atoms. The molecule has 0 aliphatic heterocycles. The molecule has 29 heavy (non-hydrogen) atoms. The second-order valence-electron chi connectivity index (χ2n) is 5.75. The van der Waals surface area contributed by atoms with Crippen molar-refractivity contribution in [3.8, 4) is 5.82 Å². The summed E-state index contributed by atoms with van der Waals surface area (Å²) in [5, 5.41) is 8.23. The molecule has 2 aromatic heterocycles. The van der Waals surface area contributed by atoms with Crippen molar-refractivity contribution in [1.82, 2.24) is 19.8 Å². The number of halogens is 4. The molecule has 3 aromatic rings. The van der Waals surface area contributed by atoms with Gasteiger partial charge in [0.15, 0.2) is 5.82 Å². The van der Waals surface area contributed by atoms with Crippen LogP contribution in [0, 0.1) is 0 Å². The van der Waals surface area contributed by atoms with Crippen molar-refractivity contribution in [1.29, 1.82) is 0 Å². The van der Waals surface area contributed by atoms with E-state index >= 15 is 0 Å².